The fourth-order valence-corrected chi connectivity index (χ4v) is 5.28. The molecule has 0 bridgehead atoms. The molecule has 2 N–H and O–H groups in total. The number of carbonyl (C=O) groups excluding carboxylic acids is 1. The molecule has 3 heterocycles. The summed E-state index contributed by atoms with van der Waals surface area (Å²) in [4.78, 5) is 32.9. The van der Waals surface area contributed by atoms with E-state index in [1.807, 2.05) is 44.3 Å². The summed E-state index contributed by atoms with van der Waals surface area (Å²) in [5.41, 5.74) is 5.93. The lowest BCUT2D eigenvalue weighted by Crippen LogP contribution is -2.38. The van der Waals surface area contributed by atoms with E-state index >= 15 is 0 Å². The quantitative estimate of drug-likeness (QED) is 0.368. The molecule has 200 valence electrons. The minimum absolute atomic E-state index is 0.0663. The van der Waals surface area contributed by atoms with Gasteiger partial charge in [-0.15, -0.1) is 0 Å². The van der Waals surface area contributed by atoms with E-state index in [9.17, 15) is 14.7 Å². The summed E-state index contributed by atoms with van der Waals surface area (Å²) in [6.45, 7) is 4.30. The van der Waals surface area contributed by atoms with Crippen molar-refractivity contribution in [3.63, 3.8) is 0 Å². The highest BCUT2D eigenvalue weighted by Gasteiger charge is 2.30. The van der Waals surface area contributed by atoms with Crippen molar-refractivity contribution in [2.24, 2.45) is 7.05 Å². The Balaban J connectivity index is 1.35. The van der Waals surface area contributed by atoms with Crippen molar-refractivity contribution in [2.45, 2.75) is 51.7 Å². The van der Waals surface area contributed by atoms with Gasteiger partial charge >= 0.3 is 0 Å². The summed E-state index contributed by atoms with van der Waals surface area (Å²) >= 11 is 0. The van der Waals surface area contributed by atoms with E-state index in [1.165, 1.54) is 23.0 Å². The molecule has 0 radical (unpaired) electrons. The average molecular weight is 525 g/mol. The fourth-order valence-electron chi connectivity index (χ4n) is 5.28. The molecule has 9 heteroatoms. The molecule has 0 saturated heterocycles. The molecule has 1 aliphatic heterocycles. The van der Waals surface area contributed by atoms with Crippen LogP contribution in [0.2, 0.25) is 0 Å². The van der Waals surface area contributed by atoms with Gasteiger partial charge in [-0.3, -0.25) is 14.3 Å². The molecule has 2 aromatic heterocycles. The molecular formula is C30H32N6O3. The number of benzene rings is 2. The van der Waals surface area contributed by atoms with Crippen molar-refractivity contribution in [3.8, 4) is 11.3 Å². The highest BCUT2D eigenvalue weighted by Crippen LogP contribution is 2.41. The molecule has 2 aromatic carbocycles. The molecule has 6 rings (SSSR count). The second-order valence-electron chi connectivity index (χ2n) is 10.7. The first-order chi connectivity index (χ1) is 18.8. The van der Waals surface area contributed by atoms with Gasteiger partial charge in [-0.25, -0.2) is 4.98 Å². The fraction of sp³-hybridized carbons (Fsp3) is 0.333. The number of fused-ring (bicyclic) bond motifs is 1. The summed E-state index contributed by atoms with van der Waals surface area (Å²) in [6.07, 6.45) is 8.34. The van der Waals surface area contributed by atoms with Crippen molar-refractivity contribution in [1.29, 1.82) is 0 Å². The third-order valence-electron chi connectivity index (χ3n) is 7.60. The molecule has 2 aliphatic rings. The molecule has 0 unspecified atom stereocenters. The van der Waals surface area contributed by atoms with Crippen LogP contribution in [0.1, 0.15) is 65.7 Å². The molecule has 1 aliphatic carbocycles. The monoisotopic (exact) mass is 524 g/mol. The Morgan fingerprint density at radius 1 is 1.10 bits per heavy atom. The average Bonchev–Trinajstić information content (AvgIpc) is 3.68. The topological polar surface area (TPSA) is 105 Å². The van der Waals surface area contributed by atoms with Gasteiger partial charge in [0, 0.05) is 48.7 Å². The summed E-state index contributed by atoms with van der Waals surface area (Å²) in [6, 6.07) is 12.0. The minimum atomic E-state index is -0.286. The number of anilines is 3. The maximum atomic E-state index is 13.6. The molecule has 39 heavy (non-hydrogen) atoms. The predicted octanol–water partition coefficient (Wildman–Crippen LogP) is 4.54. The zero-order valence-corrected chi connectivity index (χ0v) is 22.4. The lowest BCUT2D eigenvalue weighted by atomic mass is 9.93. The SMILES string of the molecule is CC(C)n1cc(Nc2nc(-c3cccc(N4CCc5cc(C6CC6)ccc5C4=O)c3CO)cn(C)c2=O)cn1. The molecule has 0 spiro atoms. The lowest BCUT2D eigenvalue weighted by molar-refractivity contribution is 0.0980. The van der Waals surface area contributed by atoms with Gasteiger partial charge in [-0.2, -0.15) is 5.10 Å². The molecule has 4 aromatic rings. The molecular weight excluding hydrogens is 492 g/mol. The Bertz CT molecular complexity index is 1630. The number of carbonyl (C=O) groups is 1. The van der Waals surface area contributed by atoms with Gasteiger partial charge < -0.3 is 19.9 Å². The van der Waals surface area contributed by atoms with E-state index < -0.39 is 0 Å². The van der Waals surface area contributed by atoms with Gasteiger partial charge in [0.15, 0.2) is 5.82 Å². The molecule has 1 amide bonds. The molecule has 0 atom stereocenters. The van der Waals surface area contributed by atoms with E-state index in [0.29, 0.717) is 46.2 Å². The van der Waals surface area contributed by atoms with Crippen LogP contribution in [-0.2, 0) is 20.1 Å². The summed E-state index contributed by atoms with van der Waals surface area (Å²) in [5.74, 6) is 0.728. The number of nitrogens with zero attached hydrogens (tertiary/aromatic N) is 5. The number of nitrogens with one attached hydrogen (secondary N) is 1. The maximum absolute atomic E-state index is 13.6. The minimum Gasteiger partial charge on any atom is -0.392 e. The van der Waals surface area contributed by atoms with Crippen LogP contribution in [0.15, 0.2) is 59.8 Å². The third-order valence-corrected chi connectivity index (χ3v) is 7.60. The van der Waals surface area contributed by atoms with Gasteiger partial charge in [0.25, 0.3) is 11.5 Å². The number of aryl methyl sites for hydroxylation is 1. The van der Waals surface area contributed by atoms with Crippen LogP contribution in [0.3, 0.4) is 0 Å². The second kappa shape index (κ2) is 9.81. The standard InChI is InChI=1S/C30H32N6O3/c1-18(2)36-15-22(14-31-36)32-28-30(39)34(3)16-26(33-28)24-5-4-6-27(25(24)17-37)35-12-11-21-13-20(19-7-8-19)9-10-23(21)29(35)38/h4-6,9-10,13-16,18-19,37H,7-8,11-12,17H2,1-3H3,(H,32,33). The zero-order valence-electron chi connectivity index (χ0n) is 22.4. The van der Waals surface area contributed by atoms with Gasteiger partial charge in [-0.1, -0.05) is 24.3 Å². The van der Waals surface area contributed by atoms with Crippen molar-refractivity contribution < 1.29 is 9.90 Å². The Morgan fingerprint density at radius 2 is 1.92 bits per heavy atom. The van der Waals surface area contributed by atoms with Crippen LogP contribution in [0.25, 0.3) is 11.3 Å². The number of amides is 1. The number of aliphatic hydroxyl groups is 1. The Hall–Kier alpha value is -4.24. The first kappa shape index (κ1) is 25.1. The maximum Gasteiger partial charge on any atom is 0.293 e. The van der Waals surface area contributed by atoms with Crippen LogP contribution in [0.5, 0.6) is 0 Å². The Kier molecular flexibility index (Phi) is 6.31. The zero-order chi connectivity index (χ0) is 27.3. The van der Waals surface area contributed by atoms with Crippen LogP contribution >= 0.6 is 0 Å². The first-order valence-electron chi connectivity index (χ1n) is 13.4. The van der Waals surface area contributed by atoms with Crippen molar-refractivity contribution in [1.82, 2.24) is 19.3 Å². The van der Waals surface area contributed by atoms with Gasteiger partial charge in [0.2, 0.25) is 0 Å². The lowest BCUT2D eigenvalue weighted by Gasteiger charge is -2.31. The smallest absolute Gasteiger partial charge is 0.293 e. The molecule has 1 fully saturated rings. The Labute approximate surface area is 226 Å². The normalized spacial score (nSPS) is 15.1. The first-order valence-corrected chi connectivity index (χ1v) is 13.4. The highest BCUT2D eigenvalue weighted by molar-refractivity contribution is 6.09. The number of hydrogen-bond donors (Lipinski definition) is 2. The Morgan fingerprint density at radius 3 is 2.64 bits per heavy atom. The van der Waals surface area contributed by atoms with Crippen LogP contribution in [0.4, 0.5) is 17.2 Å². The largest absolute Gasteiger partial charge is 0.392 e. The van der Waals surface area contributed by atoms with E-state index in [4.69, 9.17) is 0 Å². The summed E-state index contributed by atoms with van der Waals surface area (Å²) < 4.78 is 3.26. The van der Waals surface area contributed by atoms with E-state index in [2.05, 4.69) is 27.5 Å². The highest BCUT2D eigenvalue weighted by atomic mass is 16.3. The van der Waals surface area contributed by atoms with E-state index in [0.717, 1.165) is 12.0 Å². The van der Waals surface area contributed by atoms with Gasteiger partial charge in [0.05, 0.1) is 29.9 Å². The van der Waals surface area contributed by atoms with Gasteiger partial charge in [0.1, 0.15) is 0 Å². The molecule has 9 nitrogen and oxygen atoms in total. The van der Waals surface area contributed by atoms with E-state index in [1.54, 1.807) is 29.0 Å². The third kappa shape index (κ3) is 4.63. The number of aromatic nitrogens is 4. The van der Waals surface area contributed by atoms with Crippen LogP contribution in [0, 0.1) is 0 Å². The van der Waals surface area contributed by atoms with Crippen LogP contribution in [-0.4, -0.2) is 36.9 Å². The predicted molar refractivity (Wildman–Crippen MR) is 151 cm³/mol. The number of aliphatic hydroxyl groups excluding tert-OH is 1. The summed E-state index contributed by atoms with van der Waals surface area (Å²) in [7, 11) is 1.67. The van der Waals surface area contributed by atoms with Gasteiger partial charge in [-0.05, 0) is 62.3 Å². The van der Waals surface area contributed by atoms with Crippen molar-refractivity contribution in [3.05, 3.63) is 87.6 Å². The second-order valence-corrected chi connectivity index (χ2v) is 10.7. The van der Waals surface area contributed by atoms with E-state index in [-0.39, 0.29) is 29.9 Å². The van der Waals surface area contributed by atoms with Crippen molar-refractivity contribution in [2.75, 3.05) is 16.8 Å². The number of hydrogen-bond acceptors (Lipinski definition) is 6. The van der Waals surface area contributed by atoms with Crippen LogP contribution < -0.4 is 15.8 Å². The molecule has 1 saturated carbocycles. The van der Waals surface area contributed by atoms with Crippen molar-refractivity contribution >= 4 is 23.1 Å². The number of rotatable bonds is 7. The summed E-state index contributed by atoms with van der Waals surface area (Å²) in [5, 5.41) is 17.9.